The van der Waals surface area contributed by atoms with Crippen LogP contribution in [0.4, 0.5) is 0 Å². The molecule has 0 aliphatic rings. The second-order valence-corrected chi connectivity index (χ2v) is 4.57. The van der Waals surface area contributed by atoms with Crippen molar-refractivity contribution in [3.8, 4) is 5.75 Å². The van der Waals surface area contributed by atoms with E-state index in [2.05, 4.69) is 21.0 Å². The molecule has 0 bridgehead atoms. The average molecular weight is 311 g/mol. The number of hydrogen-bond donors (Lipinski definition) is 0. The van der Waals surface area contributed by atoms with Gasteiger partial charge in [-0.2, -0.15) is 0 Å². The highest BCUT2D eigenvalue weighted by molar-refractivity contribution is 9.10. The van der Waals surface area contributed by atoms with E-state index in [1.54, 1.807) is 25.1 Å². The van der Waals surface area contributed by atoms with Crippen molar-refractivity contribution in [1.82, 2.24) is 5.10 Å². The maximum absolute atomic E-state index is 11.9. The van der Waals surface area contributed by atoms with Crippen LogP contribution in [0, 0.1) is 0 Å². The van der Waals surface area contributed by atoms with Gasteiger partial charge in [0.05, 0.1) is 6.61 Å². The number of halogens is 1. The van der Waals surface area contributed by atoms with Crippen molar-refractivity contribution < 1.29 is 19.3 Å². The number of aromatic nitrogens is 2. The van der Waals surface area contributed by atoms with Gasteiger partial charge >= 0.3 is 5.97 Å². The van der Waals surface area contributed by atoms with Crippen molar-refractivity contribution in [2.75, 3.05) is 6.61 Å². The Labute approximate surface area is 112 Å². The summed E-state index contributed by atoms with van der Waals surface area (Å²) in [5.74, 6) is -0.587. The summed E-state index contributed by atoms with van der Waals surface area (Å²) in [7, 11) is 0. The molecular weight excluding hydrogens is 300 g/mol. The van der Waals surface area contributed by atoms with Crippen LogP contribution in [0.1, 0.15) is 6.92 Å². The summed E-state index contributed by atoms with van der Waals surface area (Å²) in [6, 6.07) is 5.23. The molecule has 0 radical (unpaired) electrons. The van der Waals surface area contributed by atoms with Crippen LogP contribution in [-0.4, -0.2) is 17.7 Å². The number of carbonyl (C=O) groups is 1. The molecular formula is C12H11BrN2O3. The molecule has 0 N–H and O–H groups in total. The molecule has 0 fully saturated rings. The van der Waals surface area contributed by atoms with Gasteiger partial charge in [0.15, 0.2) is 6.20 Å². The molecule has 18 heavy (non-hydrogen) atoms. The van der Waals surface area contributed by atoms with Crippen molar-refractivity contribution in [3.63, 3.8) is 0 Å². The van der Waals surface area contributed by atoms with E-state index in [0.29, 0.717) is 17.5 Å². The maximum atomic E-state index is 11.9. The fourth-order valence-corrected chi connectivity index (χ4v) is 1.95. The maximum Gasteiger partial charge on any atom is 0.375 e. The molecule has 0 aliphatic carbocycles. The zero-order chi connectivity index (χ0) is 13.1. The molecule has 1 aromatic carbocycles. The number of benzene rings is 1. The summed E-state index contributed by atoms with van der Waals surface area (Å²) in [6.45, 7) is 1.98. The van der Waals surface area contributed by atoms with Crippen molar-refractivity contribution in [2.45, 2.75) is 13.5 Å². The van der Waals surface area contributed by atoms with E-state index >= 15 is 0 Å². The molecule has 5 nitrogen and oxygen atoms in total. The molecule has 2 rings (SSSR count). The molecule has 0 unspecified atom stereocenters. The Bertz CT molecular complexity index is 601. The van der Waals surface area contributed by atoms with Crippen molar-refractivity contribution >= 4 is 32.8 Å². The fourth-order valence-electron chi connectivity index (χ4n) is 1.58. The highest BCUT2D eigenvalue weighted by atomic mass is 79.9. The van der Waals surface area contributed by atoms with Gasteiger partial charge in [-0.15, -0.1) is 0 Å². The van der Waals surface area contributed by atoms with E-state index in [1.807, 2.05) is 0 Å². The van der Waals surface area contributed by atoms with Crippen LogP contribution in [0.15, 0.2) is 28.9 Å². The molecule has 94 valence electrons. The topological polar surface area (TPSA) is 66.1 Å². The lowest BCUT2D eigenvalue weighted by Crippen LogP contribution is -2.42. The van der Waals surface area contributed by atoms with E-state index in [-0.39, 0.29) is 12.3 Å². The zero-order valence-electron chi connectivity index (χ0n) is 9.72. The fraction of sp³-hybridized carbons (Fsp3) is 0.250. The van der Waals surface area contributed by atoms with Gasteiger partial charge in [0.2, 0.25) is 0 Å². The summed E-state index contributed by atoms with van der Waals surface area (Å²) >= 11 is 3.30. The van der Waals surface area contributed by atoms with Gasteiger partial charge in [-0.25, -0.2) is 4.79 Å². The van der Waals surface area contributed by atoms with Crippen LogP contribution in [0.25, 0.3) is 10.9 Å². The number of nitrogens with zero attached hydrogens (tertiary/aromatic N) is 2. The summed E-state index contributed by atoms with van der Waals surface area (Å²) in [6.07, 6.45) is 1.30. The zero-order valence-corrected chi connectivity index (χ0v) is 11.3. The molecule has 0 saturated heterocycles. The highest BCUT2D eigenvalue weighted by Crippen LogP contribution is 2.22. The third-order valence-electron chi connectivity index (χ3n) is 2.32. The van der Waals surface area contributed by atoms with Crippen LogP contribution in [0.3, 0.4) is 0 Å². The van der Waals surface area contributed by atoms with Gasteiger partial charge in [-0.3, -0.25) is 0 Å². The van der Waals surface area contributed by atoms with Gasteiger partial charge < -0.3 is 9.84 Å². The summed E-state index contributed by atoms with van der Waals surface area (Å²) < 4.78 is 6.93. The molecule has 1 heterocycles. The first-order valence-corrected chi connectivity index (χ1v) is 6.22. The van der Waals surface area contributed by atoms with Crippen LogP contribution in [-0.2, 0) is 16.1 Å². The SMILES string of the molecule is CCOC(=O)C[n+]1cc([O-])c2cc(Br)ccc2n1. The first-order valence-electron chi connectivity index (χ1n) is 5.43. The number of ether oxygens (including phenoxy) is 1. The summed E-state index contributed by atoms with van der Waals surface area (Å²) in [5, 5.41) is 16.6. The monoisotopic (exact) mass is 310 g/mol. The van der Waals surface area contributed by atoms with Gasteiger partial charge in [-0.05, 0) is 30.9 Å². The van der Waals surface area contributed by atoms with E-state index in [0.717, 1.165) is 4.47 Å². The largest absolute Gasteiger partial charge is 0.868 e. The number of rotatable bonds is 3. The average Bonchev–Trinajstić information content (AvgIpc) is 2.30. The van der Waals surface area contributed by atoms with Gasteiger partial charge in [0.25, 0.3) is 6.54 Å². The van der Waals surface area contributed by atoms with Crippen LogP contribution in [0.5, 0.6) is 5.75 Å². The standard InChI is InChI=1S/C12H11BrN2O3/c1-2-18-12(17)7-15-6-11(16)9-5-8(13)3-4-10(9)14-15/h3-6H,2,7H2,1H3. The van der Waals surface area contributed by atoms with E-state index in [4.69, 9.17) is 4.74 Å². The molecule has 0 spiro atoms. The minimum absolute atomic E-state index is 0.0604. The minimum atomic E-state index is -0.411. The Kier molecular flexibility index (Phi) is 3.76. The highest BCUT2D eigenvalue weighted by Gasteiger charge is 2.13. The lowest BCUT2D eigenvalue weighted by molar-refractivity contribution is -0.743. The first-order chi connectivity index (χ1) is 8.60. The summed E-state index contributed by atoms with van der Waals surface area (Å²) in [5.41, 5.74) is 0.551. The number of hydrogen-bond acceptors (Lipinski definition) is 4. The Hall–Kier alpha value is -1.69. The minimum Gasteiger partial charge on any atom is -0.868 e. The molecule has 0 saturated carbocycles. The molecule has 0 aliphatic heterocycles. The predicted octanol–water partition coefficient (Wildman–Crippen LogP) is 0.921. The second-order valence-electron chi connectivity index (χ2n) is 3.66. The second kappa shape index (κ2) is 5.30. The van der Waals surface area contributed by atoms with Crippen molar-refractivity contribution in [3.05, 3.63) is 28.9 Å². The number of carbonyl (C=O) groups excluding carboxylic acids is 1. The smallest absolute Gasteiger partial charge is 0.375 e. The van der Waals surface area contributed by atoms with E-state index < -0.39 is 5.97 Å². The van der Waals surface area contributed by atoms with Crippen molar-refractivity contribution in [1.29, 1.82) is 0 Å². The Morgan fingerprint density at radius 1 is 1.56 bits per heavy atom. The van der Waals surface area contributed by atoms with Crippen LogP contribution >= 0.6 is 15.9 Å². The van der Waals surface area contributed by atoms with Crippen LogP contribution in [0.2, 0.25) is 0 Å². The predicted molar refractivity (Wildman–Crippen MR) is 65.7 cm³/mol. The Morgan fingerprint density at radius 3 is 3.06 bits per heavy atom. The number of esters is 1. The third kappa shape index (κ3) is 2.76. The number of fused-ring (bicyclic) bond motifs is 1. The Balaban J connectivity index is 2.37. The quantitative estimate of drug-likeness (QED) is 0.624. The summed E-state index contributed by atoms with van der Waals surface area (Å²) in [4.78, 5) is 11.3. The van der Waals surface area contributed by atoms with Gasteiger partial charge in [-0.1, -0.05) is 20.6 Å². The lowest BCUT2D eigenvalue weighted by Gasteiger charge is -2.07. The van der Waals surface area contributed by atoms with Gasteiger partial charge in [0.1, 0.15) is 5.52 Å². The van der Waals surface area contributed by atoms with Gasteiger partial charge in [0, 0.05) is 15.0 Å². The lowest BCUT2D eigenvalue weighted by atomic mass is 10.2. The normalized spacial score (nSPS) is 10.6. The molecule has 1 aromatic heterocycles. The molecule has 6 heteroatoms. The molecule has 0 atom stereocenters. The molecule has 2 aromatic rings. The first kappa shape index (κ1) is 12.8. The Morgan fingerprint density at radius 2 is 2.33 bits per heavy atom. The van der Waals surface area contributed by atoms with E-state index in [9.17, 15) is 9.90 Å². The van der Waals surface area contributed by atoms with E-state index in [1.165, 1.54) is 10.9 Å². The van der Waals surface area contributed by atoms with Crippen LogP contribution < -0.4 is 9.79 Å². The molecule has 0 amide bonds. The third-order valence-corrected chi connectivity index (χ3v) is 2.82. The van der Waals surface area contributed by atoms with Crippen molar-refractivity contribution in [2.24, 2.45) is 0 Å².